The third-order valence-electron chi connectivity index (χ3n) is 7.38. The molecule has 2 saturated heterocycles. The second-order valence-electron chi connectivity index (χ2n) is 9.14. The fourth-order valence-corrected chi connectivity index (χ4v) is 5.77. The average Bonchev–Trinajstić information content (AvgIpc) is 3.62. The van der Waals surface area contributed by atoms with Crippen molar-refractivity contribution in [2.24, 2.45) is 0 Å². The lowest BCUT2D eigenvalue weighted by atomic mass is 10.1. The molecule has 7 heteroatoms. The van der Waals surface area contributed by atoms with Gasteiger partial charge >= 0.3 is 0 Å². The molecule has 0 bridgehead atoms. The molecule has 0 amide bonds. The molecule has 3 aliphatic heterocycles. The number of hydrogen-bond donors (Lipinski definition) is 1. The van der Waals surface area contributed by atoms with E-state index >= 15 is 0 Å². The third kappa shape index (κ3) is 2.84. The van der Waals surface area contributed by atoms with E-state index in [1.807, 2.05) is 28.9 Å². The van der Waals surface area contributed by atoms with Crippen LogP contribution in [0, 0.1) is 11.3 Å². The van der Waals surface area contributed by atoms with E-state index in [1.54, 1.807) is 6.33 Å². The van der Waals surface area contributed by atoms with Gasteiger partial charge in [0.05, 0.1) is 23.0 Å². The van der Waals surface area contributed by atoms with Crippen LogP contribution < -0.4 is 10.2 Å². The first-order valence-corrected chi connectivity index (χ1v) is 11.5. The summed E-state index contributed by atoms with van der Waals surface area (Å²) < 4.78 is 4.23. The SMILES string of the molecule is N#Cc1ccc(-c2cc3n(c2)Cc2cc(N4CC[C@H]5NCCC54)ccc2-n2ncnc2-3)cc1. The van der Waals surface area contributed by atoms with E-state index in [0.29, 0.717) is 17.6 Å². The molecule has 0 radical (unpaired) electrons. The van der Waals surface area contributed by atoms with Crippen molar-refractivity contribution in [3.63, 3.8) is 0 Å². The Morgan fingerprint density at radius 1 is 1.03 bits per heavy atom. The number of fused-ring (bicyclic) bond motifs is 6. The maximum Gasteiger partial charge on any atom is 0.179 e. The summed E-state index contributed by atoms with van der Waals surface area (Å²) in [6.07, 6.45) is 6.24. The smallest absolute Gasteiger partial charge is 0.179 e. The minimum Gasteiger partial charge on any atom is -0.367 e. The van der Waals surface area contributed by atoms with E-state index in [-0.39, 0.29) is 0 Å². The number of nitriles is 1. The number of nitrogens with one attached hydrogen (secondary N) is 1. The summed E-state index contributed by atoms with van der Waals surface area (Å²) in [6, 6.07) is 20.1. The summed E-state index contributed by atoms with van der Waals surface area (Å²) in [6.45, 7) is 2.98. The quantitative estimate of drug-likeness (QED) is 0.461. The summed E-state index contributed by atoms with van der Waals surface area (Å²) in [4.78, 5) is 7.18. The van der Waals surface area contributed by atoms with Crippen molar-refractivity contribution in [2.45, 2.75) is 31.5 Å². The number of hydrogen-bond acceptors (Lipinski definition) is 5. The minimum atomic E-state index is 0.598. The molecule has 33 heavy (non-hydrogen) atoms. The molecule has 0 aliphatic carbocycles. The molecule has 3 aliphatic rings. The Hall–Kier alpha value is -3.89. The molecule has 0 saturated carbocycles. The van der Waals surface area contributed by atoms with Crippen molar-refractivity contribution in [1.29, 1.82) is 5.26 Å². The van der Waals surface area contributed by atoms with Crippen molar-refractivity contribution >= 4 is 5.69 Å². The van der Waals surface area contributed by atoms with Crippen LogP contribution in [0.1, 0.15) is 24.0 Å². The van der Waals surface area contributed by atoms with Gasteiger partial charge in [0.1, 0.15) is 6.33 Å². The Bertz CT molecular complexity index is 1410. The van der Waals surface area contributed by atoms with Crippen molar-refractivity contribution < 1.29 is 0 Å². The van der Waals surface area contributed by atoms with Crippen LogP contribution in [0.2, 0.25) is 0 Å². The zero-order chi connectivity index (χ0) is 21.9. The molecule has 0 spiro atoms. The fraction of sp³-hybridized carbons (Fsp3) is 0.269. The molecule has 2 fully saturated rings. The van der Waals surface area contributed by atoms with Gasteiger partial charge in [-0.3, -0.25) is 0 Å². The highest BCUT2D eigenvalue weighted by molar-refractivity contribution is 5.72. The first-order valence-electron chi connectivity index (χ1n) is 11.5. The molecule has 1 unspecified atom stereocenters. The summed E-state index contributed by atoms with van der Waals surface area (Å²) in [5.41, 5.74) is 7.56. The lowest BCUT2D eigenvalue weighted by Gasteiger charge is -2.26. The van der Waals surface area contributed by atoms with E-state index in [1.165, 1.54) is 24.1 Å². The molecular formula is C26H23N7. The normalized spacial score (nSPS) is 20.5. The van der Waals surface area contributed by atoms with Gasteiger partial charge in [-0.25, -0.2) is 9.67 Å². The summed E-state index contributed by atoms with van der Waals surface area (Å²) in [5.74, 6) is 0.850. The summed E-state index contributed by atoms with van der Waals surface area (Å²) in [7, 11) is 0. The average molecular weight is 434 g/mol. The van der Waals surface area contributed by atoms with Crippen LogP contribution >= 0.6 is 0 Å². The van der Waals surface area contributed by atoms with E-state index in [2.05, 4.69) is 61.4 Å². The van der Waals surface area contributed by atoms with Crippen molar-refractivity contribution in [3.8, 4) is 34.4 Å². The highest BCUT2D eigenvalue weighted by atomic mass is 15.4. The predicted molar refractivity (Wildman–Crippen MR) is 126 cm³/mol. The van der Waals surface area contributed by atoms with Crippen molar-refractivity contribution in [1.82, 2.24) is 24.6 Å². The minimum absolute atomic E-state index is 0.598. The topological polar surface area (TPSA) is 74.7 Å². The van der Waals surface area contributed by atoms with Gasteiger partial charge in [0.25, 0.3) is 0 Å². The molecule has 2 atom stereocenters. The highest BCUT2D eigenvalue weighted by Crippen LogP contribution is 2.36. The van der Waals surface area contributed by atoms with E-state index in [4.69, 9.17) is 5.26 Å². The lowest BCUT2D eigenvalue weighted by Crippen LogP contribution is -2.34. The van der Waals surface area contributed by atoms with Gasteiger partial charge in [0, 0.05) is 42.6 Å². The standard InChI is InChI=1S/C26H23N7/c27-13-17-1-3-18(4-2-17)19-12-25-26-29-16-30-33(26)23-6-5-21(11-20(23)15-31(25)14-19)32-10-8-22-24(32)7-9-28-22/h1-6,11-12,14,16,22,24,28H,7-10,15H2/t22-,24?/m1/s1. The first kappa shape index (κ1) is 18.7. The number of rotatable bonds is 2. The summed E-state index contributed by atoms with van der Waals surface area (Å²) in [5, 5.41) is 17.3. The molecule has 2 aromatic heterocycles. The van der Waals surface area contributed by atoms with Crippen LogP contribution in [0.4, 0.5) is 5.69 Å². The molecule has 162 valence electrons. The van der Waals surface area contributed by atoms with Crippen LogP contribution in [-0.4, -0.2) is 44.5 Å². The highest BCUT2D eigenvalue weighted by Gasteiger charge is 2.37. The lowest BCUT2D eigenvalue weighted by molar-refractivity contribution is 0.601. The van der Waals surface area contributed by atoms with Crippen molar-refractivity contribution in [3.05, 3.63) is 72.2 Å². The Balaban J connectivity index is 1.31. The zero-order valence-electron chi connectivity index (χ0n) is 18.1. The Labute approximate surface area is 191 Å². The molecule has 1 N–H and O–H groups in total. The number of benzene rings is 2. The zero-order valence-corrected chi connectivity index (χ0v) is 18.1. The van der Waals surface area contributed by atoms with Crippen molar-refractivity contribution in [2.75, 3.05) is 18.0 Å². The van der Waals surface area contributed by atoms with E-state index in [9.17, 15) is 0 Å². The van der Waals surface area contributed by atoms with E-state index < -0.39 is 0 Å². The first-order chi connectivity index (χ1) is 16.3. The van der Waals surface area contributed by atoms with Gasteiger partial charge in [-0.15, -0.1) is 0 Å². The number of nitrogens with zero attached hydrogens (tertiary/aromatic N) is 6. The molecule has 7 rings (SSSR count). The van der Waals surface area contributed by atoms with Crippen LogP contribution in [0.3, 0.4) is 0 Å². The monoisotopic (exact) mass is 433 g/mol. The number of aromatic nitrogens is 4. The maximum absolute atomic E-state index is 9.11. The largest absolute Gasteiger partial charge is 0.367 e. The van der Waals surface area contributed by atoms with Gasteiger partial charge in [0.15, 0.2) is 5.82 Å². The molecular weight excluding hydrogens is 410 g/mol. The second-order valence-corrected chi connectivity index (χ2v) is 9.14. The van der Waals surface area contributed by atoms with Crippen LogP contribution in [0.5, 0.6) is 0 Å². The van der Waals surface area contributed by atoms with Gasteiger partial charge in [-0.05, 0) is 66.9 Å². The fourth-order valence-electron chi connectivity index (χ4n) is 5.77. The van der Waals surface area contributed by atoms with E-state index in [0.717, 1.165) is 48.0 Å². The second kappa shape index (κ2) is 7.06. The van der Waals surface area contributed by atoms with Crippen LogP contribution in [-0.2, 0) is 6.54 Å². The molecule has 7 nitrogen and oxygen atoms in total. The van der Waals surface area contributed by atoms with Gasteiger partial charge in [0.2, 0.25) is 0 Å². The molecule has 2 aromatic carbocycles. The Morgan fingerprint density at radius 3 is 2.82 bits per heavy atom. The van der Waals surface area contributed by atoms with Crippen LogP contribution in [0.25, 0.3) is 28.3 Å². The third-order valence-corrected chi connectivity index (χ3v) is 7.38. The predicted octanol–water partition coefficient (Wildman–Crippen LogP) is 3.58. The number of anilines is 1. The molecule has 5 heterocycles. The Kier molecular flexibility index (Phi) is 3.99. The van der Waals surface area contributed by atoms with Gasteiger partial charge < -0.3 is 14.8 Å². The maximum atomic E-state index is 9.11. The van der Waals surface area contributed by atoms with Gasteiger partial charge in [-0.2, -0.15) is 10.4 Å². The van der Waals surface area contributed by atoms with Gasteiger partial charge in [-0.1, -0.05) is 12.1 Å². The van der Waals surface area contributed by atoms with Crippen LogP contribution in [0.15, 0.2) is 61.1 Å². The molecule has 4 aromatic rings. The summed E-state index contributed by atoms with van der Waals surface area (Å²) >= 11 is 0. The Morgan fingerprint density at radius 2 is 1.94 bits per heavy atom.